The Labute approximate surface area is 105 Å². The van der Waals surface area contributed by atoms with Crippen molar-refractivity contribution in [3.63, 3.8) is 0 Å². The molecule has 2 rings (SSSR count). The highest BCUT2D eigenvalue weighted by atomic mass is 16.7. The first-order valence-electron chi connectivity index (χ1n) is 5.77. The van der Waals surface area contributed by atoms with Crippen molar-refractivity contribution >= 4 is 5.94 Å². The van der Waals surface area contributed by atoms with Gasteiger partial charge in [0, 0.05) is 0 Å². The summed E-state index contributed by atoms with van der Waals surface area (Å²) in [6.07, 6.45) is -0.646. The fourth-order valence-electron chi connectivity index (χ4n) is 1.75. The minimum Gasteiger partial charge on any atom is -0.393 e. The van der Waals surface area contributed by atoms with Crippen molar-refractivity contribution < 1.29 is 19.5 Å². The minimum atomic E-state index is -0.646. The summed E-state index contributed by atoms with van der Waals surface area (Å²) in [6, 6.07) is 9.65. The highest BCUT2D eigenvalue weighted by Gasteiger charge is 2.27. The largest absolute Gasteiger partial charge is 0.393 e. The number of hydroxylamine groups is 2. The maximum Gasteiger partial charge on any atom is 0.156 e. The quantitative estimate of drug-likeness (QED) is 0.789. The topological polar surface area (TPSA) is 59.0 Å². The first-order chi connectivity index (χ1) is 8.85. The van der Waals surface area contributed by atoms with Crippen LogP contribution in [-0.2, 0) is 21.0 Å². The molecule has 1 N–H and O–H groups in total. The Morgan fingerprint density at radius 3 is 2.89 bits per heavy atom. The fourth-order valence-corrected chi connectivity index (χ4v) is 1.75. The summed E-state index contributed by atoms with van der Waals surface area (Å²) in [6.45, 7) is 0.971. The number of ether oxygens (including phenoxy) is 1. The van der Waals surface area contributed by atoms with Gasteiger partial charge in [-0.05, 0) is 5.56 Å². The molecule has 1 saturated heterocycles. The van der Waals surface area contributed by atoms with Crippen LogP contribution in [0.15, 0.2) is 36.0 Å². The normalized spacial score (nSPS) is 19.7. The number of hydrogen-bond donors (Lipinski definition) is 1. The van der Waals surface area contributed by atoms with Crippen LogP contribution in [0, 0.1) is 0 Å². The maximum absolute atomic E-state index is 10.9. The van der Waals surface area contributed by atoms with Crippen LogP contribution >= 0.6 is 0 Å². The second-order valence-corrected chi connectivity index (χ2v) is 3.89. The molecule has 1 unspecified atom stereocenters. The van der Waals surface area contributed by atoms with Gasteiger partial charge in [-0.15, -0.1) is 0 Å². The van der Waals surface area contributed by atoms with Gasteiger partial charge in [0.1, 0.15) is 6.10 Å². The summed E-state index contributed by atoms with van der Waals surface area (Å²) in [7, 11) is 0. The van der Waals surface area contributed by atoms with Crippen molar-refractivity contribution in [2.24, 2.45) is 0 Å². The molecule has 1 atom stereocenters. The Morgan fingerprint density at radius 1 is 1.44 bits per heavy atom. The molecule has 0 aliphatic carbocycles. The highest BCUT2D eigenvalue weighted by Crippen LogP contribution is 2.17. The van der Waals surface area contributed by atoms with Crippen LogP contribution in [0.3, 0.4) is 0 Å². The molecule has 0 bridgehead atoms. The van der Waals surface area contributed by atoms with Crippen molar-refractivity contribution in [1.29, 1.82) is 0 Å². The average Bonchev–Trinajstić information content (AvgIpc) is 2.45. The van der Waals surface area contributed by atoms with Gasteiger partial charge < -0.3 is 9.84 Å². The highest BCUT2D eigenvalue weighted by molar-refractivity contribution is 5.53. The number of benzene rings is 1. The Balaban J connectivity index is 1.98. The van der Waals surface area contributed by atoms with E-state index in [0.29, 0.717) is 19.8 Å². The number of rotatable bonds is 4. The lowest BCUT2D eigenvalue weighted by atomic mass is 10.2. The zero-order valence-corrected chi connectivity index (χ0v) is 9.91. The SMILES string of the molecule is O=C=C1C(CO)OCCN1OCc1ccccc1. The second-order valence-electron chi connectivity index (χ2n) is 3.89. The Kier molecular flexibility index (Phi) is 4.50. The van der Waals surface area contributed by atoms with Gasteiger partial charge in [-0.25, -0.2) is 9.86 Å². The standard InChI is InChI=1S/C13H15NO4/c15-8-12-13(9-16)17-7-6-14(12)18-10-11-4-2-1-3-5-11/h1-5,13,16H,6-7,9-10H2. The molecule has 1 fully saturated rings. The summed E-state index contributed by atoms with van der Waals surface area (Å²) >= 11 is 0. The first kappa shape index (κ1) is 12.8. The van der Waals surface area contributed by atoms with E-state index in [0.717, 1.165) is 5.56 Å². The van der Waals surface area contributed by atoms with Crippen LogP contribution in [0.2, 0.25) is 0 Å². The lowest BCUT2D eigenvalue weighted by molar-refractivity contribution is -0.190. The molecular formula is C13H15NO4. The summed E-state index contributed by atoms with van der Waals surface area (Å²) < 4.78 is 5.24. The van der Waals surface area contributed by atoms with Crippen LogP contribution in [0.4, 0.5) is 0 Å². The van der Waals surface area contributed by atoms with E-state index in [1.807, 2.05) is 30.3 Å². The maximum atomic E-state index is 10.9. The average molecular weight is 249 g/mol. The third-order valence-corrected chi connectivity index (χ3v) is 2.69. The van der Waals surface area contributed by atoms with Crippen molar-refractivity contribution in [1.82, 2.24) is 5.06 Å². The molecule has 0 radical (unpaired) electrons. The molecule has 0 aromatic heterocycles. The molecule has 1 aromatic rings. The molecule has 0 saturated carbocycles. The molecule has 18 heavy (non-hydrogen) atoms. The third-order valence-electron chi connectivity index (χ3n) is 2.69. The van der Waals surface area contributed by atoms with Crippen LogP contribution in [0.25, 0.3) is 0 Å². The Hall–Kier alpha value is -1.65. The van der Waals surface area contributed by atoms with E-state index in [4.69, 9.17) is 14.7 Å². The van der Waals surface area contributed by atoms with Crippen LogP contribution in [0.1, 0.15) is 5.56 Å². The molecule has 0 amide bonds. The molecule has 1 aromatic carbocycles. The number of aliphatic hydroxyl groups is 1. The first-order valence-corrected chi connectivity index (χ1v) is 5.77. The number of hydrogen-bond acceptors (Lipinski definition) is 5. The predicted molar refractivity (Wildman–Crippen MR) is 64.0 cm³/mol. The zero-order chi connectivity index (χ0) is 12.8. The van der Waals surface area contributed by atoms with E-state index >= 15 is 0 Å². The molecular weight excluding hydrogens is 234 g/mol. The lowest BCUT2D eigenvalue weighted by Crippen LogP contribution is -2.42. The van der Waals surface area contributed by atoms with E-state index in [2.05, 4.69) is 0 Å². The Bertz CT molecular complexity index is 428. The van der Waals surface area contributed by atoms with E-state index in [1.54, 1.807) is 5.94 Å². The van der Waals surface area contributed by atoms with Gasteiger partial charge in [-0.1, -0.05) is 30.3 Å². The zero-order valence-electron chi connectivity index (χ0n) is 9.91. The summed E-state index contributed by atoms with van der Waals surface area (Å²) in [4.78, 5) is 16.4. The predicted octanol–water partition coefficient (Wildman–Crippen LogP) is 0.527. The van der Waals surface area contributed by atoms with Crippen molar-refractivity contribution in [2.75, 3.05) is 19.8 Å². The van der Waals surface area contributed by atoms with Gasteiger partial charge in [0.15, 0.2) is 11.6 Å². The van der Waals surface area contributed by atoms with Gasteiger partial charge in [-0.2, -0.15) is 0 Å². The van der Waals surface area contributed by atoms with Gasteiger partial charge in [-0.3, -0.25) is 4.84 Å². The number of morpholine rings is 1. The van der Waals surface area contributed by atoms with E-state index in [9.17, 15) is 4.79 Å². The monoisotopic (exact) mass is 249 g/mol. The van der Waals surface area contributed by atoms with Gasteiger partial charge >= 0.3 is 0 Å². The van der Waals surface area contributed by atoms with Gasteiger partial charge in [0.05, 0.1) is 26.4 Å². The van der Waals surface area contributed by atoms with E-state index in [-0.39, 0.29) is 12.3 Å². The lowest BCUT2D eigenvalue weighted by Gasteiger charge is -2.32. The molecule has 5 heteroatoms. The van der Waals surface area contributed by atoms with Crippen LogP contribution < -0.4 is 0 Å². The fraction of sp³-hybridized carbons (Fsp3) is 0.385. The summed E-state index contributed by atoms with van der Waals surface area (Å²) in [5, 5.41) is 10.5. The van der Waals surface area contributed by atoms with E-state index < -0.39 is 6.10 Å². The molecule has 1 aliphatic rings. The van der Waals surface area contributed by atoms with Gasteiger partial charge in [0.2, 0.25) is 0 Å². The van der Waals surface area contributed by atoms with E-state index in [1.165, 1.54) is 5.06 Å². The molecule has 0 spiro atoms. The van der Waals surface area contributed by atoms with Gasteiger partial charge in [0.25, 0.3) is 0 Å². The second kappa shape index (κ2) is 6.33. The molecule has 96 valence electrons. The van der Waals surface area contributed by atoms with Crippen LogP contribution in [-0.4, -0.2) is 42.0 Å². The van der Waals surface area contributed by atoms with Crippen molar-refractivity contribution in [2.45, 2.75) is 12.7 Å². The number of aliphatic hydroxyl groups excluding tert-OH is 1. The van der Waals surface area contributed by atoms with Crippen molar-refractivity contribution in [3.05, 3.63) is 41.6 Å². The summed E-state index contributed by atoms with van der Waals surface area (Å²) in [5.74, 6) is 1.77. The van der Waals surface area contributed by atoms with Crippen molar-refractivity contribution in [3.8, 4) is 0 Å². The third kappa shape index (κ3) is 2.97. The number of carbonyl (C=O) groups excluding carboxylic acids is 1. The smallest absolute Gasteiger partial charge is 0.156 e. The number of nitrogens with zero attached hydrogens (tertiary/aromatic N) is 1. The molecule has 1 aliphatic heterocycles. The Morgan fingerprint density at radius 2 is 2.22 bits per heavy atom. The summed E-state index contributed by atoms with van der Waals surface area (Å²) in [5.41, 5.74) is 1.22. The molecule has 1 heterocycles. The van der Waals surface area contributed by atoms with Crippen LogP contribution in [0.5, 0.6) is 0 Å². The molecule has 5 nitrogen and oxygen atoms in total. The minimum absolute atomic E-state index is 0.208.